The molecule has 0 bridgehead atoms. The van der Waals surface area contributed by atoms with Crippen molar-refractivity contribution in [3.8, 4) is 23.8 Å². The summed E-state index contributed by atoms with van der Waals surface area (Å²) in [5, 5.41) is 24.0. The second kappa shape index (κ2) is 9.14. The fourth-order valence-electron chi connectivity index (χ4n) is 3.49. The number of nitrogens with one attached hydrogen (secondary N) is 2. The van der Waals surface area contributed by atoms with Crippen LogP contribution in [-0.2, 0) is 6.42 Å². The van der Waals surface area contributed by atoms with E-state index in [1.54, 1.807) is 19.3 Å². The first kappa shape index (κ1) is 22.2. The maximum absolute atomic E-state index is 9.50. The third-order valence-corrected chi connectivity index (χ3v) is 4.77. The smallest absolute Gasteiger partial charge is 0.211 e. The van der Waals surface area contributed by atoms with Crippen LogP contribution >= 0.6 is 0 Å². The number of hydrogen-bond donors (Lipinski definition) is 4. The summed E-state index contributed by atoms with van der Waals surface area (Å²) in [4.78, 5) is 8.87. The Labute approximate surface area is 186 Å². The number of nitriles is 2. The molecule has 3 rings (SSSR count). The second-order valence-electron chi connectivity index (χ2n) is 7.27. The van der Waals surface area contributed by atoms with Crippen molar-refractivity contribution in [2.75, 3.05) is 23.9 Å². The Morgan fingerprint density at radius 3 is 2.69 bits per heavy atom. The van der Waals surface area contributed by atoms with Gasteiger partial charge in [-0.2, -0.15) is 10.5 Å². The molecule has 0 spiro atoms. The molecule has 10 heteroatoms. The topological polar surface area (TPSA) is 167 Å². The van der Waals surface area contributed by atoms with Crippen molar-refractivity contribution >= 4 is 23.3 Å². The highest BCUT2D eigenvalue weighted by Gasteiger charge is 2.31. The molecule has 0 aliphatic carbocycles. The molecule has 0 fully saturated rings. The van der Waals surface area contributed by atoms with Gasteiger partial charge in [0.05, 0.1) is 18.9 Å². The summed E-state index contributed by atoms with van der Waals surface area (Å²) in [6, 6.07) is 5.01. The summed E-state index contributed by atoms with van der Waals surface area (Å²) in [7, 11) is 1.55. The molecule has 0 saturated heterocycles. The number of fused-ring (bicyclic) bond motifs is 1. The van der Waals surface area contributed by atoms with Crippen LogP contribution in [-0.4, -0.2) is 24.2 Å². The number of allylic oxidation sites excluding steroid dienone is 1. The fourth-order valence-corrected chi connectivity index (χ4v) is 3.49. The van der Waals surface area contributed by atoms with Gasteiger partial charge in [-0.3, -0.25) is 5.32 Å². The lowest BCUT2D eigenvalue weighted by Gasteiger charge is -2.27. The van der Waals surface area contributed by atoms with Crippen molar-refractivity contribution in [3.05, 3.63) is 47.0 Å². The minimum absolute atomic E-state index is 0.0150. The Hall–Kier alpha value is -4.44. The Bertz CT molecular complexity index is 1170. The van der Waals surface area contributed by atoms with Gasteiger partial charge in [0.25, 0.3) is 0 Å². The number of aliphatic imine (C=N–C) groups is 1. The Morgan fingerprint density at radius 2 is 2.09 bits per heavy atom. The number of nitrogens with two attached hydrogens (primary N) is 2. The number of hydrogen-bond acceptors (Lipinski definition) is 10. The standard InChI is InChI=1S/C22H24N8O2/c1-5-6-12-7-13(8-15(31-4)19(12)32-11(2)3)18-16-17(25)14(9-23)20(26)29-21(16)30-22(28-18)27-10-24/h5,7-8,11,18H,1,6H2,2-4H3,(H6,25,26,27,28,29,30). The normalized spacial score (nSPS) is 14.3. The third kappa shape index (κ3) is 4.07. The van der Waals surface area contributed by atoms with Crippen molar-refractivity contribution in [3.63, 3.8) is 0 Å². The van der Waals surface area contributed by atoms with Gasteiger partial charge >= 0.3 is 0 Å². The number of aromatic nitrogens is 1. The quantitative estimate of drug-likeness (QED) is 0.304. The summed E-state index contributed by atoms with van der Waals surface area (Å²) in [5.74, 6) is 1.59. The molecule has 10 nitrogen and oxygen atoms in total. The van der Waals surface area contributed by atoms with E-state index in [-0.39, 0.29) is 29.1 Å². The molecule has 2 aromatic rings. The van der Waals surface area contributed by atoms with E-state index < -0.39 is 6.04 Å². The highest BCUT2D eigenvalue weighted by Crippen LogP contribution is 2.44. The molecule has 164 valence electrons. The summed E-state index contributed by atoms with van der Waals surface area (Å²) in [6.45, 7) is 7.69. The zero-order valence-electron chi connectivity index (χ0n) is 18.1. The lowest BCUT2D eigenvalue weighted by Crippen LogP contribution is -2.32. The average Bonchev–Trinajstić information content (AvgIpc) is 2.74. The zero-order chi connectivity index (χ0) is 23.4. The predicted molar refractivity (Wildman–Crippen MR) is 122 cm³/mol. The summed E-state index contributed by atoms with van der Waals surface area (Å²) >= 11 is 0. The molecule has 2 heterocycles. The van der Waals surface area contributed by atoms with Crippen LogP contribution in [0, 0.1) is 22.8 Å². The van der Waals surface area contributed by atoms with E-state index in [9.17, 15) is 5.26 Å². The molecule has 1 aromatic carbocycles. The maximum Gasteiger partial charge on any atom is 0.211 e. The van der Waals surface area contributed by atoms with Gasteiger partial charge in [-0.1, -0.05) is 6.08 Å². The first-order valence-electron chi connectivity index (χ1n) is 9.81. The van der Waals surface area contributed by atoms with Crippen LogP contribution in [0.15, 0.2) is 29.8 Å². The number of guanidine groups is 1. The molecular weight excluding hydrogens is 408 g/mol. The van der Waals surface area contributed by atoms with Crippen LogP contribution in [0.4, 0.5) is 17.3 Å². The number of pyridine rings is 1. The first-order chi connectivity index (χ1) is 15.3. The maximum atomic E-state index is 9.50. The summed E-state index contributed by atoms with van der Waals surface area (Å²) in [6.07, 6.45) is 4.05. The largest absolute Gasteiger partial charge is 0.493 e. The highest BCUT2D eigenvalue weighted by atomic mass is 16.5. The van der Waals surface area contributed by atoms with Crippen molar-refractivity contribution in [1.82, 2.24) is 10.3 Å². The van der Waals surface area contributed by atoms with Gasteiger partial charge in [-0.05, 0) is 38.0 Å². The molecule has 0 amide bonds. The SMILES string of the molecule is C=CCc1cc(C2N=C(NC#N)Nc3nc(N)c(C#N)c(N)c32)cc(OC)c1OC(C)C. The summed E-state index contributed by atoms with van der Waals surface area (Å²) < 4.78 is 11.6. The molecule has 1 aliphatic heterocycles. The monoisotopic (exact) mass is 432 g/mol. The van der Waals surface area contributed by atoms with Gasteiger partial charge in [0.2, 0.25) is 5.96 Å². The van der Waals surface area contributed by atoms with Crippen LogP contribution in [0.3, 0.4) is 0 Å². The van der Waals surface area contributed by atoms with Gasteiger partial charge in [0.15, 0.2) is 17.7 Å². The Balaban J connectivity index is 2.28. The number of benzene rings is 1. The van der Waals surface area contributed by atoms with Gasteiger partial charge in [0.1, 0.15) is 29.3 Å². The average molecular weight is 432 g/mol. The molecule has 1 atom stereocenters. The minimum Gasteiger partial charge on any atom is -0.493 e. The van der Waals surface area contributed by atoms with Crippen LogP contribution in [0.25, 0.3) is 0 Å². The number of rotatable bonds is 6. The van der Waals surface area contributed by atoms with E-state index >= 15 is 0 Å². The van der Waals surface area contributed by atoms with E-state index in [2.05, 4.69) is 27.2 Å². The van der Waals surface area contributed by atoms with Crippen molar-refractivity contribution in [2.45, 2.75) is 32.4 Å². The lowest BCUT2D eigenvalue weighted by molar-refractivity contribution is 0.228. The minimum atomic E-state index is -0.687. The number of nitrogens with zero attached hydrogens (tertiary/aromatic N) is 4. The van der Waals surface area contributed by atoms with Crippen molar-refractivity contribution < 1.29 is 9.47 Å². The third-order valence-electron chi connectivity index (χ3n) is 4.77. The fraction of sp³-hybridized carbons (Fsp3) is 0.273. The Morgan fingerprint density at radius 1 is 1.34 bits per heavy atom. The number of anilines is 3. The van der Waals surface area contributed by atoms with E-state index in [1.165, 1.54) is 0 Å². The molecule has 1 aromatic heterocycles. The molecular formula is C22H24N8O2. The van der Waals surface area contributed by atoms with Crippen molar-refractivity contribution in [2.24, 2.45) is 4.99 Å². The highest BCUT2D eigenvalue weighted by molar-refractivity contribution is 5.98. The number of ether oxygens (including phenoxy) is 2. The second-order valence-corrected chi connectivity index (χ2v) is 7.27. The molecule has 32 heavy (non-hydrogen) atoms. The van der Waals surface area contributed by atoms with E-state index in [1.807, 2.05) is 32.2 Å². The molecule has 0 saturated carbocycles. The molecule has 1 aliphatic rings. The van der Waals surface area contributed by atoms with Crippen LogP contribution in [0.1, 0.15) is 42.1 Å². The molecule has 6 N–H and O–H groups in total. The lowest BCUT2D eigenvalue weighted by atomic mass is 9.93. The number of methoxy groups -OCH3 is 1. The van der Waals surface area contributed by atoms with Crippen LogP contribution in [0.2, 0.25) is 0 Å². The summed E-state index contributed by atoms with van der Waals surface area (Å²) in [5.41, 5.74) is 14.5. The van der Waals surface area contributed by atoms with E-state index in [4.69, 9.17) is 26.2 Å². The Kier molecular flexibility index (Phi) is 6.36. The van der Waals surface area contributed by atoms with Crippen LogP contribution < -0.4 is 31.6 Å². The van der Waals surface area contributed by atoms with E-state index in [0.29, 0.717) is 34.9 Å². The van der Waals surface area contributed by atoms with Gasteiger partial charge < -0.3 is 26.3 Å². The predicted octanol–water partition coefficient (Wildman–Crippen LogP) is 2.58. The number of nitrogen functional groups attached to an aromatic ring is 2. The van der Waals surface area contributed by atoms with Crippen molar-refractivity contribution in [1.29, 1.82) is 10.5 Å². The van der Waals surface area contributed by atoms with Crippen LogP contribution in [0.5, 0.6) is 11.5 Å². The van der Waals surface area contributed by atoms with Gasteiger partial charge in [-0.15, -0.1) is 6.58 Å². The molecule has 0 radical (unpaired) electrons. The van der Waals surface area contributed by atoms with Gasteiger partial charge in [-0.25, -0.2) is 9.98 Å². The molecule has 1 unspecified atom stereocenters. The zero-order valence-corrected chi connectivity index (χ0v) is 18.1. The first-order valence-corrected chi connectivity index (χ1v) is 9.81. The van der Waals surface area contributed by atoms with E-state index in [0.717, 1.165) is 5.56 Å². The van der Waals surface area contributed by atoms with Gasteiger partial charge in [0, 0.05) is 11.1 Å².